The molecular weight excluding hydrogens is 276 g/mol. The summed E-state index contributed by atoms with van der Waals surface area (Å²) in [6.07, 6.45) is 0.346. The van der Waals surface area contributed by atoms with Gasteiger partial charge >= 0.3 is 0 Å². The summed E-state index contributed by atoms with van der Waals surface area (Å²) in [6, 6.07) is 15.4. The van der Waals surface area contributed by atoms with E-state index in [0.717, 1.165) is 22.4 Å². The van der Waals surface area contributed by atoms with Crippen LogP contribution in [0.25, 0.3) is 11.1 Å². The molecule has 3 aromatic rings. The minimum atomic E-state index is 0.0734. The molecule has 0 N–H and O–H groups in total. The summed E-state index contributed by atoms with van der Waals surface area (Å²) in [5.41, 5.74) is 3.41. The van der Waals surface area contributed by atoms with Gasteiger partial charge in [-0.2, -0.15) is 0 Å². The normalized spacial score (nSPS) is 10.8. The quantitative estimate of drug-likeness (QED) is 0.736. The van der Waals surface area contributed by atoms with Crippen molar-refractivity contribution in [1.29, 1.82) is 0 Å². The number of amides is 1. The van der Waals surface area contributed by atoms with Gasteiger partial charge in [0.2, 0.25) is 5.91 Å². The van der Waals surface area contributed by atoms with E-state index in [2.05, 4.69) is 4.98 Å². The standard InChI is InChI=1S/C18H18N2O2/c1-3-20(15-7-5-4-6-8-15)18(21)12-14-9-10-16-17(11-14)22-13(2)19-16/h4-11H,3,12H2,1-2H3. The van der Waals surface area contributed by atoms with E-state index in [4.69, 9.17) is 4.42 Å². The lowest BCUT2D eigenvalue weighted by atomic mass is 10.1. The lowest BCUT2D eigenvalue weighted by Crippen LogP contribution is -2.31. The van der Waals surface area contributed by atoms with Crippen LogP contribution >= 0.6 is 0 Å². The third-order valence-electron chi connectivity index (χ3n) is 3.60. The Bertz CT molecular complexity index is 793. The topological polar surface area (TPSA) is 46.3 Å². The molecule has 4 nitrogen and oxygen atoms in total. The second kappa shape index (κ2) is 6.02. The molecule has 0 aliphatic rings. The summed E-state index contributed by atoms with van der Waals surface area (Å²) in [6.45, 7) is 4.44. The summed E-state index contributed by atoms with van der Waals surface area (Å²) in [5, 5.41) is 0. The monoisotopic (exact) mass is 294 g/mol. The van der Waals surface area contributed by atoms with Crippen molar-refractivity contribution < 1.29 is 9.21 Å². The van der Waals surface area contributed by atoms with Gasteiger partial charge in [0, 0.05) is 19.2 Å². The highest BCUT2D eigenvalue weighted by Crippen LogP contribution is 2.19. The van der Waals surface area contributed by atoms with Gasteiger partial charge in [0.15, 0.2) is 11.5 Å². The molecule has 0 atom stereocenters. The number of benzene rings is 2. The summed E-state index contributed by atoms with van der Waals surface area (Å²) in [4.78, 5) is 18.6. The van der Waals surface area contributed by atoms with E-state index >= 15 is 0 Å². The van der Waals surface area contributed by atoms with Gasteiger partial charge in [-0.05, 0) is 36.8 Å². The van der Waals surface area contributed by atoms with Crippen LogP contribution in [-0.2, 0) is 11.2 Å². The van der Waals surface area contributed by atoms with Gasteiger partial charge in [-0.15, -0.1) is 0 Å². The van der Waals surface area contributed by atoms with Crippen molar-refractivity contribution >= 4 is 22.7 Å². The SMILES string of the molecule is CCN(C(=O)Cc1ccc2nc(C)oc2c1)c1ccccc1. The van der Waals surface area contributed by atoms with E-state index in [9.17, 15) is 4.79 Å². The number of hydrogen-bond donors (Lipinski definition) is 0. The second-order valence-corrected chi connectivity index (χ2v) is 5.19. The third-order valence-corrected chi connectivity index (χ3v) is 3.60. The molecular formula is C18H18N2O2. The predicted molar refractivity (Wildman–Crippen MR) is 86.9 cm³/mol. The molecule has 0 fully saturated rings. The van der Waals surface area contributed by atoms with Gasteiger partial charge < -0.3 is 9.32 Å². The molecule has 0 saturated carbocycles. The Hall–Kier alpha value is -2.62. The van der Waals surface area contributed by atoms with E-state index in [-0.39, 0.29) is 5.91 Å². The number of para-hydroxylation sites is 1. The molecule has 3 rings (SSSR count). The Morgan fingerprint density at radius 2 is 1.95 bits per heavy atom. The molecule has 0 aliphatic heterocycles. The minimum absolute atomic E-state index is 0.0734. The maximum atomic E-state index is 12.6. The van der Waals surface area contributed by atoms with Gasteiger partial charge in [0.05, 0.1) is 6.42 Å². The van der Waals surface area contributed by atoms with Gasteiger partial charge in [0.1, 0.15) is 5.52 Å². The highest BCUT2D eigenvalue weighted by atomic mass is 16.3. The van der Waals surface area contributed by atoms with Crippen LogP contribution in [0.2, 0.25) is 0 Å². The molecule has 112 valence electrons. The minimum Gasteiger partial charge on any atom is -0.441 e. The van der Waals surface area contributed by atoms with Crippen LogP contribution in [0.5, 0.6) is 0 Å². The number of aromatic nitrogens is 1. The molecule has 2 aromatic carbocycles. The Balaban J connectivity index is 1.82. The highest BCUT2D eigenvalue weighted by Gasteiger charge is 2.15. The molecule has 0 spiro atoms. The lowest BCUT2D eigenvalue weighted by Gasteiger charge is -2.21. The van der Waals surface area contributed by atoms with Crippen molar-refractivity contribution in [3.8, 4) is 0 Å². The summed E-state index contributed by atoms with van der Waals surface area (Å²) < 4.78 is 5.53. The van der Waals surface area contributed by atoms with Crippen molar-refractivity contribution in [2.45, 2.75) is 20.3 Å². The van der Waals surface area contributed by atoms with Crippen LogP contribution in [0.1, 0.15) is 18.4 Å². The largest absolute Gasteiger partial charge is 0.441 e. The molecule has 4 heteroatoms. The Morgan fingerprint density at radius 1 is 1.18 bits per heavy atom. The van der Waals surface area contributed by atoms with Crippen LogP contribution in [-0.4, -0.2) is 17.4 Å². The molecule has 1 aromatic heterocycles. The van der Waals surface area contributed by atoms with Crippen molar-refractivity contribution in [2.75, 3.05) is 11.4 Å². The van der Waals surface area contributed by atoms with E-state index in [1.807, 2.05) is 62.4 Å². The average Bonchev–Trinajstić information content (AvgIpc) is 2.88. The first kappa shape index (κ1) is 14.3. The third kappa shape index (κ3) is 2.86. The number of carbonyl (C=O) groups is 1. The molecule has 0 aliphatic carbocycles. The van der Waals surface area contributed by atoms with Crippen LogP contribution in [0, 0.1) is 6.92 Å². The van der Waals surface area contributed by atoms with E-state index in [0.29, 0.717) is 18.9 Å². The number of oxazole rings is 1. The Morgan fingerprint density at radius 3 is 2.68 bits per heavy atom. The van der Waals surface area contributed by atoms with E-state index in [1.165, 1.54) is 0 Å². The first-order chi connectivity index (χ1) is 10.7. The number of hydrogen-bond acceptors (Lipinski definition) is 3. The number of rotatable bonds is 4. The van der Waals surface area contributed by atoms with Gasteiger partial charge in [-0.1, -0.05) is 24.3 Å². The van der Waals surface area contributed by atoms with Gasteiger partial charge in [-0.25, -0.2) is 4.98 Å². The van der Waals surface area contributed by atoms with Crippen LogP contribution in [0.4, 0.5) is 5.69 Å². The van der Waals surface area contributed by atoms with Crippen molar-refractivity contribution in [1.82, 2.24) is 4.98 Å². The fourth-order valence-corrected chi connectivity index (χ4v) is 2.58. The van der Waals surface area contributed by atoms with Crippen molar-refractivity contribution in [3.63, 3.8) is 0 Å². The maximum absolute atomic E-state index is 12.6. The summed E-state index contributed by atoms with van der Waals surface area (Å²) in [5.74, 6) is 0.710. The first-order valence-corrected chi connectivity index (χ1v) is 7.39. The van der Waals surface area contributed by atoms with E-state index in [1.54, 1.807) is 4.90 Å². The molecule has 0 saturated heterocycles. The molecule has 1 amide bonds. The fourth-order valence-electron chi connectivity index (χ4n) is 2.58. The number of nitrogens with zero attached hydrogens (tertiary/aromatic N) is 2. The fraction of sp³-hybridized carbons (Fsp3) is 0.222. The number of anilines is 1. The molecule has 0 radical (unpaired) electrons. The molecule has 22 heavy (non-hydrogen) atoms. The maximum Gasteiger partial charge on any atom is 0.231 e. The molecule has 0 unspecified atom stereocenters. The first-order valence-electron chi connectivity index (χ1n) is 7.39. The van der Waals surface area contributed by atoms with Crippen LogP contribution in [0.15, 0.2) is 52.9 Å². The number of aryl methyl sites for hydroxylation is 1. The number of carbonyl (C=O) groups excluding carboxylic acids is 1. The van der Waals surface area contributed by atoms with Crippen molar-refractivity contribution in [3.05, 3.63) is 60.0 Å². The smallest absolute Gasteiger partial charge is 0.231 e. The van der Waals surface area contributed by atoms with Crippen molar-refractivity contribution in [2.24, 2.45) is 0 Å². The zero-order chi connectivity index (χ0) is 15.5. The summed E-state index contributed by atoms with van der Waals surface area (Å²) in [7, 11) is 0. The molecule has 0 bridgehead atoms. The zero-order valence-electron chi connectivity index (χ0n) is 12.7. The summed E-state index contributed by atoms with van der Waals surface area (Å²) >= 11 is 0. The highest BCUT2D eigenvalue weighted by molar-refractivity contribution is 5.95. The Kier molecular flexibility index (Phi) is 3.92. The number of fused-ring (bicyclic) bond motifs is 1. The lowest BCUT2D eigenvalue weighted by molar-refractivity contribution is -0.117. The Labute approximate surface area is 129 Å². The number of likely N-dealkylation sites (N-methyl/N-ethyl adjacent to an activating group) is 1. The zero-order valence-corrected chi connectivity index (χ0v) is 12.7. The van der Waals surface area contributed by atoms with Crippen LogP contribution < -0.4 is 4.90 Å². The second-order valence-electron chi connectivity index (χ2n) is 5.19. The van der Waals surface area contributed by atoms with E-state index < -0.39 is 0 Å². The molecule has 1 heterocycles. The van der Waals surface area contributed by atoms with Gasteiger partial charge in [-0.3, -0.25) is 4.79 Å². The average molecular weight is 294 g/mol. The predicted octanol–water partition coefficient (Wildman–Crippen LogP) is 3.73. The van der Waals surface area contributed by atoms with Gasteiger partial charge in [0.25, 0.3) is 0 Å². The van der Waals surface area contributed by atoms with Crippen LogP contribution in [0.3, 0.4) is 0 Å².